The molecule has 1 aliphatic carbocycles. The van der Waals surface area contributed by atoms with Crippen molar-refractivity contribution in [2.75, 3.05) is 7.11 Å². The molecule has 1 N–H and O–H groups in total. The monoisotopic (exact) mass is 240 g/mol. The number of carbonyl (C=O) groups is 1. The van der Waals surface area contributed by atoms with E-state index in [0.29, 0.717) is 18.1 Å². The quantitative estimate of drug-likeness (QED) is 0.815. The summed E-state index contributed by atoms with van der Waals surface area (Å²) in [5.74, 6) is -0.346. The summed E-state index contributed by atoms with van der Waals surface area (Å²) in [6.07, 6.45) is 2.20. The predicted molar refractivity (Wildman–Crippen MR) is 57.4 cm³/mol. The van der Waals surface area contributed by atoms with Crippen LogP contribution in [0.5, 0.6) is 0 Å². The molecule has 0 bridgehead atoms. The zero-order chi connectivity index (χ0) is 12.4. The molecule has 17 heavy (non-hydrogen) atoms. The van der Waals surface area contributed by atoms with Gasteiger partial charge >= 0.3 is 5.97 Å². The summed E-state index contributed by atoms with van der Waals surface area (Å²) < 4.78 is 10.4. The second-order valence-corrected chi connectivity index (χ2v) is 4.29. The highest BCUT2D eigenvalue weighted by atomic mass is 16.5. The number of ether oxygens (including phenoxy) is 1. The molecule has 2 rings (SSSR count). The first-order valence-electron chi connectivity index (χ1n) is 5.76. The van der Waals surface area contributed by atoms with E-state index in [4.69, 9.17) is 14.4 Å². The number of aliphatic carboxylic acids is 1. The summed E-state index contributed by atoms with van der Waals surface area (Å²) in [4.78, 5) is 15.0. The van der Waals surface area contributed by atoms with Gasteiger partial charge in [0.25, 0.3) is 0 Å². The Balaban J connectivity index is 2.03. The average Bonchev–Trinajstić information content (AvgIpc) is 2.98. The van der Waals surface area contributed by atoms with Gasteiger partial charge in [0.1, 0.15) is 6.10 Å². The molecule has 6 nitrogen and oxygen atoms in total. The number of nitrogens with zero attached hydrogens (tertiary/aromatic N) is 2. The maximum Gasteiger partial charge on any atom is 0.307 e. The second kappa shape index (κ2) is 4.83. The van der Waals surface area contributed by atoms with Crippen molar-refractivity contribution in [3.63, 3.8) is 0 Å². The molecule has 0 amide bonds. The maximum atomic E-state index is 10.7. The Bertz CT molecular complexity index is 404. The van der Waals surface area contributed by atoms with Crippen molar-refractivity contribution >= 4 is 5.97 Å². The fourth-order valence-electron chi connectivity index (χ4n) is 1.88. The van der Waals surface area contributed by atoms with Gasteiger partial charge in [-0.3, -0.25) is 4.79 Å². The van der Waals surface area contributed by atoms with Crippen LogP contribution in [0.15, 0.2) is 4.52 Å². The predicted octanol–water partition coefficient (Wildman–Crippen LogP) is 1.75. The molecule has 1 aliphatic rings. The fourth-order valence-corrected chi connectivity index (χ4v) is 1.88. The normalized spacial score (nSPS) is 24.6. The van der Waals surface area contributed by atoms with Gasteiger partial charge in [-0.25, -0.2) is 0 Å². The molecule has 3 unspecified atom stereocenters. The molecule has 1 heterocycles. The largest absolute Gasteiger partial charge is 0.481 e. The number of aromatic nitrogens is 2. The van der Waals surface area contributed by atoms with Crippen molar-refractivity contribution in [1.29, 1.82) is 0 Å². The van der Waals surface area contributed by atoms with Crippen molar-refractivity contribution < 1.29 is 19.2 Å². The van der Waals surface area contributed by atoms with Crippen LogP contribution in [0.1, 0.15) is 49.9 Å². The Labute approximate surface area is 99.0 Å². The molecule has 94 valence electrons. The van der Waals surface area contributed by atoms with Crippen LogP contribution >= 0.6 is 0 Å². The van der Waals surface area contributed by atoms with E-state index in [9.17, 15) is 4.79 Å². The summed E-state index contributed by atoms with van der Waals surface area (Å²) in [5.41, 5.74) is 0. The SMILES string of the molecule is CCCC(OC)c1noc(C2CC2C(=O)O)n1. The third-order valence-electron chi connectivity index (χ3n) is 3.01. The van der Waals surface area contributed by atoms with Gasteiger partial charge in [-0.1, -0.05) is 18.5 Å². The van der Waals surface area contributed by atoms with Crippen LogP contribution in [0.4, 0.5) is 0 Å². The molecule has 0 spiro atoms. The van der Waals surface area contributed by atoms with Crippen molar-refractivity contribution in [2.24, 2.45) is 5.92 Å². The van der Waals surface area contributed by atoms with Crippen molar-refractivity contribution in [3.8, 4) is 0 Å². The molecule has 1 aromatic heterocycles. The molecule has 1 fully saturated rings. The minimum Gasteiger partial charge on any atom is -0.481 e. The van der Waals surface area contributed by atoms with E-state index in [0.717, 1.165) is 12.8 Å². The first-order valence-corrected chi connectivity index (χ1v) is 5.76. The van der Waals surface area contributed by atoms with Crippen LogP contribution in [-0.2, 0) is 9.53 Å². The first-order chi connectivity index (χ1) is 8.17. The van der Waals surface area contributed by atoms with E-state index in [2.05, 4.69) is 10.1 Å². The van der Waals surface area contributed by atoms with E-state index < -0.39 is 5.97 Å². The third-order valence-corrected chi connectivity index (χ3v) is 3.01. The van der Waals surface area contributed by atoms with Gasteiger partial charge in [0.05, 0.1) is 11.8 Å². The molecule has 0 aliphatic heterocycles. The molecule has 1 saturated carbocycles. The van der Waals surface area contributed by atoms with E-state index >= 15 is 0 Å². The number of hydrogen-bond donors (Lipinski definition) is 1. The number of hydrogen-bond acceptors (Lipinski definition) is 5. The Morgan fingerprint density at radius 2 is 2.47 bits per heavy atom. The lowest BCUT2D eigenvalue weighted by molar-refractivity contribution is -0.138. The van der Waals surface area contributed by atoms with E-state index in [-0.39, 0.29) is 17.9 Å². The van der Waals surface area contributed by atoms with Gasteiger partial charge in [0, 0.05) is 7.11 Å². The number of rotatable bonds is 6. The number of carboxylic acids is 1. The average molecular weight is 240 g/mol. The summed E-state index contributed by atoms with van der Waals surface area (Å²) in [6, 6.07) is 0. The van der Waals surface area contributed by atoms with Gasteiger partial charge in [0.2, 0.25) is 11.7 Å². The van der Waals surface area contributed by atoms with E-state index in [1.807, 2.05) is 6.92 Å². The van der Waals surface area contributed by atoms with Crippen LogP contribution in [-0.4, -0.2) is 28.3 Å². The lowest BCUT2D eigenvalue weighted by Gasteiger charge is -2.08. The zero-order valence-corrected chi connectivity index (χ0v) is 9.92. The highest BCUT2D eigenvalue weighted by Crippen LogP contribution is 2.47. The second-order valence-electron chi connectivity index (χ2n) is 4.29. The van der Waals surface area contributed by atoms with Crippen LogP contribution in [0, 0.1) is 5.92 Å². The minimum absolute atomic E-state index is 0.118. The Hall–Kier alpha value is -1.43. The summed E-state index contributed by atoms with van der Waals surface area (Å²) in [5, 5.41) is 12.7. The van der Waals surface area contributed by atoms with Gasteiger partial charge in [-0.05, 0) is 12.8 Å². The van der Waals surface area contributed by atoms with Gasteiger partial charge < -0.3 is 14.4 Å². The van der Waals surface area contributed by atoms with Crippen LogP contribution in [0.3, 0.4) is 0 Å². The van der Waals surface area contributed by atoms with Crippen LogP contribution < -0.4 is 0 Å². The molecule has 6 heteroatoms. The summed E-state index contributed by atoms with van der Waals surface area (Å²) in [6.45, 7) is 2.05. The van der Waals surface area contributed by atoms with Gasteiger partial charge in [-0.15, -0.1) is 0 Å². The lowest BCUT2D eigenvalue weighted by atomic mass is 10.2. The highest BCUT2D eigenvalue weighted by Gasteiger charge is 2.48. The van der Waals surface area contributed by atoms with Gasteiger partial charge in [-0.2, -0.15) is 4.98 Å². The van der Waals surface area contributed by atoms with Crippen molar-refractivity contribution in [3.05, 3.63) is 11.7 Å². The van der Waals surface area contributed by atoms with E-state index in [1.165, 1.54) is 0 Å². The fraction of sp³-hybridized carbons (Fsp3) is 0.727. The summed E-state index contributed by atoms with van der Waals surface area (Å²) >= 11 is 0. The Morgan fingerprint density at radius 1 is 1.71 bits per heavy atom. The molecule has 0 saturated heterocycles. The number of carboxylic acid groups (broad SMARTS) is 1. The molecular weight excluding hydrogens is 224 g/mol. The maximum absolute atomic E-state index is 10.7. The molecular formula is C11H16N2O4. The third kappa shape index (κ3) is 2.46. The van der Waals surface area contributed by atoms with Crippen LogP contribution in [0.25, 0.3) is 0 Å². The molecule has 0 radical (unpaired) electrons. The van der Waals surface area contributed by atoms with Crippen LogP contribution in [0.2, 0.25) is 0 Å². The molecule has 0 aromatic carbocycles. The first kappa shape index (κ1) is 12.0. The minimum atomic E-state index is -0.799. The number of methoxy groups -OCH3 is 1. The lowest BCUT2D eigenvalue weighted by Crippen LogP contribution is -2.03. The van der Waals surface area contributed by atoms with Crippen molar-refractivity contribution in [1.82, 2.24) is 10.1 Å². The molecule has 3 atom stereocenters. The Kier molecular flexibility index (Phi) is 3.42. The Morgan fingerprint density at radius 3 is 3.00 bits per heavy atom. The van der Waals surface area contributed by atoms with Gasteiger partial charge in [0.15, 0.2) is 0 Å². The van der Waals surface area contributed by atoms with E-state index in [1.54, 1.807) is 7.11 Å². The van der Waals surface area contributed by atoms with Crippen molar-refractivity contribution in [2.45, 2.75) is 38.2 Å². The highest BCUT2D eigenvalue weighted by molar-refractivity contribution is 5.74. The summed E-state index contributed by atoms with van der Waals surface area (Å²) in [7, 11) is 1.60. The molecule has 1 aromatic rings. The standard InChI is InChI=1S/C11H16N2O4/c1-3-4-8(16-2)9-12-10(17-13-9)6-5-7(6)11(14)15/h6-8H,3-5H2,1-2H3,(H,14,15). The topological polar surface area (TPSA) is 85.5 Å². The smallest absolute Gasteiger partial charge is 0.307 e. The zero-order valence-electron chi connectivity index (χ0n) is 9.92.